The molecule has 32 heavy (non-hydrogen) atoms. The van der Waals surface area contributed by atoms with E-state index >= 15 is 0 Å². The molecule has 9 heteroatoms. The van der Waals surface area contributed by atoms with Crippen molar-refractivity contribution in [3.05, 3.63) is 70.5 Å². The van der Waals surface area contributed by atoms with Crippen LogP contribution >= 0.6 is 11.8 Å². The Hall–Kier alpha value is -3.17. The first-order chi connectivity index (χ1) is 15.4. The minimum atomic E-state index is -0.762. The Labute approximate surface area is 191 Å². The first-order valence-electron chi connectivity index (χ1n) is 10.3. The number of carbonyl (C=O) groups is 2. The normalized spacial score (nSPS) is 12.0. The summed E-state index contributed by atoms with van der Waals surface area (Å²) in [5.41, 5.74) is 1.14. The highest BCUT2D eigenvalue weighted by Gasteiger charge is 2.26. The number of fused-ring (bicyclic) bond motifs is 1. The molecule has 0 aliphatic heterocycles. The molecule has 1 atom stereocenters. The molecule has 0 aliphatic rings. The second kappa shape index (κ2) is 10.9. The Balaban J connectivity index is 2.04. The Kier molecular flexibility index (Phi) is 8.02. The molecule has 0 spiro atoms. The lowest BCUT2D eigenvalue weighted by atomic mass is 10.1. The monoisotopic (exact) mass is 453 g/mol. The largest absolute Gasteiger partial charge is 0.341 e. The second-order valence-corrected chi connectivity index (χ2v) is 8.57. The number of benzene rings is 2. The molecule has 1 unspecified atom stereocenters. The molecule has 0 saturated heterocycles. The van der Waals surface area contributed by atoms with E-state index in [9.17, 15) is 14.4 Å². The number of hydrogen-bond acceptors (Lipinski definition) is 6. The van der Waals surface area contributed by atoms with E-state index in [4.69, 9.17) is 4.98 Å². The third-order valence-electron chi connectivity index (χ3n) is 4.84. The molecule has 8 nitrogen and oxygen atoms in total. The van der Waals surface area contributed by atoms with Crippen LogP contribution in [0.1, 0.15) is 17.2 Å². The molecule has 0 aliphatic carbocycles. The van der Waals surface area contributed by atoms with Gasteiger partial charge in [0.1, 0.15) is 5.25 Å². The van der Waals surface area contributed by atoms with E-state index in [0.717, 1.165) is 24.7 Å². The topological polar surface area (TPSA) is 96.3 Å². The summed E-state index contributed by atoms with van der Waals surface area (Å²) < 4.78 is 1.62. The highest BCUT2D eigenvalue weighted by molar-refractivity contribution is 8.00. The lowest BCUT2D eigenvalue weighted by Crippen LogP contribution is -2.39. The zero-order valence-electron chi connectivity index (χ0n) is 18.4. The fourth-order valence-corrected chi connectivity index (χ4v) is 4.35. The van der Waals surface area contributed by atoms with Crippen molar-refractivity contribution in [3.8, 4) is 0 Å². The van der Waals surface area contributed by atoms with Crippen molar-refractivity contribution >= 4 is 34.6 Å². The number of hydrogen-bond donors (Lipinski definition) is 2. The molecular weight excluding hydrogens is 426 g/mol. The maximum absolute atomic E-state index is 13.3. The van der Waals surface area contributed by atoms with Gasteiger partial charge in [-0.1, -0.05) is 54.2 Å². The van der Waals surface area contributed by atoms with Crippen molar-refractivity contribution in [2.24, 2.45) is 0 Å². The molecule has 1 aromatic heterocycles. The van der Waals surface area contributed by atoms with Gasteiger partial charge in [0, 0.05) is 13.6 Å². The SMILES string of the molecule is CNC(=O)NC(=O)C(Sc1nc2ccccc2c(=O)n1CCCN(C)C)c1ccccc1. The van der Waals surface area contributed by atoms with Crippen LogP contribution in [-0.4, -0.2) is 54.1 Å². The van der Waals surface area contributed by atoms with Crippen molar-refractivity contribution < 1.29 is 9.59 Å². The minimum absolute atomic E-state index is 0.143. The molecule has 1 heterocycles. The van der Waals surface area contributed by atoms with Gasteiger partial charge in [-0.3, -0.25) is 19.5 Å². The van der Waals surface area contributed by atoms with Crippen LogP contribution in [0.25, 0.3) is 10.9 Å². The number of para-hydroxylation sites is 1. The van der Waals surface area contributed by atoms with Crippen molar-refractivity contribution in [1.82, 2.24) is 25.1 Å². The van der Waals surface area contributed by atoms with Gasteiger partial charge < -0.3 is 10.2 Å². The summed E-state index contributed by atoms with van der Waals surface area (Å²) in [6.07, 6.45) is 0.751. The number of carbonyl (C=O) groups excluding carboxylic acids is 2. The molecule has 168 valence electrons. The van der Waals surface area contributed by atoms with Crippen molar-refractivity contribution in [2.45, 2.75) is 23.4 Å². The quantitative estimate of drug-likeness (QED) is 0.402. The highest BCUT2D eigenvalue weighted by Crippen LogP contribution is 2.34. The lowest BCUT2D eigenvalue weighted by Gasteiger charge is -2.19. The van der Waals surface area contributed by atoms with Crippen LogP contribution in [0.3, 0.4) is 0 Å². The molecule has 3 amide bonds. The van der Waals surface area contributed by atoms with Gasteiger partial charge in [0.2, 0.25) is 5.91 Å². The average Bonchev–Trinajstić information content (AvgIpc) is 2.79. The number of nitrogens with zero attached hydrogens (tertiary/aromatic N) is 3. The number of rotatable bonds is 8. The van der Waals surface area contributed by atoms with E-state index in [-0.39, 0.29) is 5.56 Å². The molecule has 3 rings (SSSR count). The van der Waals surface area contributed by atoms with Crippen LogP contribution in [0.2, 0.25) is 0 Å². The first kappa shape index (κ1) is 23.5. The zero-order valence-corrected chi connectivity index (χ0v) is 19.2. The van der Waals surface area contributed by atoms with Crippen LogP contribution in [0.4, 0.5) is 4.79 Å². The van der Waals surface area contributed by atoms with E-state index in [0.29, 0.717) is 28.2 Å². The first-order valence-corrected chi connectivity index (χ1v) is 11.2. The van der Waals surface area contributed by atoms with Gasteiger partial charge in [0.15, 0.2) is 5.16 Å². The predicted molar refractivity (Wildman–Crippen MR) is 127 cm³/mol. The minimum Gasteiger partial charge on any atom is -0.341 e. The Morgan fingerprint density at radius 3 is 2.47 bits per heavy atom. The maximum atomic E-state index is 13.3. The van der Waals surface area contributed by atoms with Crippen LogP contribution in [0, 0.1) is 0 Å². The zero-order chi connectivity index (χ0) is 23.1. The third kappa shape index (κ3) is 5.74. The summed E-state index contributed by atoms with van der Waals surface area (Å²) in [7, 11) is 5.40. The second-order valence-electron chi connectivity index (χ2n) is 7.50. The number of nitrogens with one attached hydrogen (secondary N) is 2. The number of urea groups is 1. The van der Waals surface area contributed by atoms with E-state index in [1.54, 1.807) is 16.7 Å². The molecule has 3 aromatic rings. The average molecular weight is 454 g/mol. The summed E-state index contributed by atoms with van der Waals surface area (Å²) in [6, 6.07) is 15.7. The van der Waals surface area contributed by atoms with Crippen molar-refractivity contribution in [1.29, 1.82) is 0 Å². The summed E-state index contributed by atoms with van der Waals surface area (Å²) in [5, 5.41) is 4.95. The number of amides is 3. The third-order valence-corrected chi connectivity index (χ3v) is 6.09. The van der Waals surface area contributed by atoms with E-state index < -0.39 is 17.2 Å². The fraction of sp³-hybridized carbons (Fsp3) is 0.304. The molecular formula is C23H27N5O3S. The maximum Gasteiger partial charge on any atom is 0.321 e. The van der Waals surface area contributed by atoms with Crippen molar-refractivity contribution in [3.63, 3.8) is 0 Å². The van der Waals surface area contributed by atoms with Gasteiger partial charge in [-0.05, 0) is 44.8 Å². The van der Waals surface area contributed by atoms with E-state index in [2.05, 4.69) is 15.5 Å². The number of thioether (sulfide) groups is 1. The molecule has 0 radical (unpaired) electrons. The van der Waals surface area contributed by atoms with E-state index in [1.807, 2.05) is 56.6 Å². The van der Waals surface area contributed by atoms with Crippen LogP contribution < -0.4 is 16.2 Å². The van der Waals surface area contributed by atoms with Gasteiger partial charge >= 0.3 is 6.03 Å². The summed E-state index contributed by atoms with van der Waals surface area (Å²) in [6.45, 7) is 1.28. The van der Waals surface area contributed by atoms with Crippen LogP contribution in [0.15, 0.2) is 64.5 Å². The predicted octanol–water partition coefficient (Wildman–Crippen LogP) is 2.64. The summed E-state index contributed by atoms with van der Waals surface area (Å²) >= 11 is 1.16. The number of imide groups is 1. The smallest absolute Gasteiger partial charge is 0.321 e. The Bertz CT molecular complexity index is 1150. The van der Waals surface area contributed by atoms with Crippen LogP contribution in [-0.2, 0) is 11.3 Å². The van der Waals surface area contributed by atoms with Gasteiger partial charge in [0.25, 0.3) is 5.56 Å². The molecule has 0 saturated carbocycles. The van der Waals surface area contributed by atoms with Crippen LogP contribution in [0.5, 0.6) is 0 Å². The molecule has 0 fully saturated rings. The standard InChI is InChI=1S/C23H27N5O3S/c1-24-22(31)26-20(29)19(16-10-5-4-6-11-16)32-23-25-18-13-8-7-12-17(18)21(30)28(23)15-9-14-27(2)3/h4-8,10-13,19H,9,14-15H2,1-3H3,(H2,24,26,29,31). The summed E-state index contributed by atoms with van der Waals surface area (Å²) in [4.78, 5) is 44.8. The number of aromatic nitrogens is 2. The lowest BCUT2D eigenvalue weighted by molar-refractivity contribution is -0.119. The molecule has 2 aromatic carbocycles. The van der Waals surface area contributed by atoms with Gasteiger partial charge in [-0.15, -0.1) is 0 Å². The van der Waals surface area contributed by atoms with E-state index in [1.165, 1.54) is 7.05 Å². The van der Waals surface area contributed by atoms with Gasteiger partial charge in [-0.2, -0.15) is 0 Å². The van der Waals surface area contributed by atoms with Gasteiger partial charge in [0.05, 0.1) is 10.9 Å². The fourth-order valence-electron chi connectivity index (χ4n) is 3.23. The van der Waals surface area contributed by atoms with Crippen molar-refractivity contribution in [2.75, 3.05) is 27.7 Å². The molecule has 0 bridgehead atoms. The van der Waals surface area contributed by atoms with Gasteiger partial charge in [-0.25, -0.2) is 9.78 Å². The Morgan fingerprint density at radius 2 is 1.78 bits per heavy atom. The molecule has 2 N–H and O–H groups in total. The Morgan fingerprint density at radius 1 is 1.09 bits per heavy atom. The summed E-state index contributed by atoms with van der Waals surface area (Å²) in [5.74, 6) is -0.484. The highest BCUT2D eigenvalue weighted by atomic mass is 32.2.